The number of hydrogen-bond acceptors (Lipinski definition) is 4. The third-order valence-electron chi connectivity index (χ3n) is 4.01. The summed E-state index contributed by atoms with van der Waals surface area (Å²) in [4.78, 5) is 37.6. The van der Waals surface area contributed by atoms with Gasteiger partial charge < -0.3 is 10.4 Å². The Morgan fingerprint density at radius 1 is 1.31 bits per heavy atom. The van der Waals surface area contributed by atoms with Gasteiger partial charge in [-0.15, -0.1) is 11.8 Å². The fourth-order valence-corrected chi connectivity index (χ4v) is 4.75. The summed E-state index contributed by atoms with van der Waals surface area (Å²) in [5, 5.41) is 11.8. The molecule has 6 nitrogen and oxygen atoms in total. The lowest BCUT2D eigenvalue weighted by Crippen LogP contribution is -2.70. The first kappa shape index (κ1) is 19.2. The van der Waals surface area contributed by atoms with Crippen molar-refractivity contribution in [2.75, 3.05) is 5.75 Å². The number of aliphatic carboxylic acids is 1. The minimum absolute atomic E-state index is 0.0382. The van der Waals surface area contributed by atoms with Gasteiger partial charge in [0.2, 0.25) is 5.91 Å². The number of thioether (sulfide) groups is 1. The highest BCUT2D eigenvalue weighted by molar-refractivity contribution is 9.28. The number of carbonyl (C=O) groups is 3. The molecule has 0 aliphatic carbocycles. The number of fused-ring (bicyclic) bond motifs is 1. The number of benzene rings is 1. The van der Waals surface area contributed by atoms with Crippen molar-refractivity contribution in [3.05, 3.63) is 56.6 Å². The summed E-state index contributed by atoms with van der Waals surface area (Å²) >= 11 is 7.85. The van der Waals surface area contributed by atoms with Crippen LogP contribution in [-0.2, 0) is 20.8 Å². The topological polar surface area (TPSA) is 86.7 Å². The Hall–Kier alpha value is -1.58. The van der Waals surface area contributed by atoms with E-state index in [0.29, 0.717) is 14.7 Å². The van der Waals surface area contributed by atoms with Gasteiger partial charge in [-0.25, -0.2) is 4.79 Å². The maximum Gasteiger partial charge on any atom is 0.352 e. The summed E-state index contributed by atoms with van der Waals surface area (Å²) in [6, 6.07) is 8.53. The number of amides is 2. The molecule has 2 heterocycles. The Labute approximate surface area is 171 Å². The molecule has 0 spiro atoms. The molecular weight excluding hydrogens is 488 g/mol. The quantitative estimate of drug-likeness (QED) is 0.605. The highest BCUT2D eigenvalue weighted by Crippen LogP contribution is 2.41. The Morgan fingerprint density at radius 2 is 2.00 bits per heavy atom. The second kappa shape index (κ2) is 7.98. The van der Waals surface area contributed by atoms with Gasteiger partial charge in [0.1, 0.15) is 17.1 Å². The van der Waals surface area contributed by atoms with E-state index in [0.717, 1.165) is 5.56 Å². The number of nitrogens with one attached hydrogen (secondary N) is 1. The maximum atomic E-state index is 12.5. The molecule has 2 aliphatic rings. The van der Waals surface area contributed by atoms with Crippen molar-refractivity contribution in [2.24, 2.45) is 0 Å². The average Bonchev–Trinajstić information content (AvgIpc) is 2.59. The summed E-state index contributed by atoms with van der Waals surface area (Å²) in [6.45, 7) is 0. The van der Waals surface area contributed by atoms with Crippen LogP contribution in [0.25, 0.3) is 0 Å². The zero-order valence-corrected chi connectivity index (χ0v) is 17.3. The minimum Gasteiger partial charge on any atom is -0.477 e. The van der Waals surface area contributed by atoms with E-state index in [-0.39, 0.29) is 18.0 Å². The van der Waals surface area contributed by atoms with Crippen molar-refractivity contribution in [2.45, 2.75) is 17.8 Å². The molecule has 0 saturated carbocycles. The zero-order valence-electron chi connectivity index (χ0n) is 13.3. The van der Waals surface area contributed by atoms with Crippen molar-refractivity contribution in [3.8, 4) is 0 Å². The molecule has 1 unspecified atom stereocenters. The fourth-order valence-electron chi connectivity index (χ4n) is 2.89. The van der Waals surface area contributed by atoms with Crippen molar-refractivity contribution >= 4 is 61.4 Å². The highest BCUT2D eigenvalue weighted by Gasteiger charge is 2.53. The summed E-state index contributed by atoms with van der Waals surface area (Å²) in [5.74, 6) is -1.39. The maximum absolute atomic E-state index is 12.5. The molecule has 2 amide bonds. The zero-order chi connectivity index (χ0) is 18.8. The number of halogens is 2. The van der Waals surface area contributed by atoms with Gasteiger partial charge in [0.05, 0.1) is 9.81 Å². The molecule has 1 aromatic rings. The van der Waals surface area contributed by atoms with Gasteiger partial charge >= 0.3 is 5.97 Å². The number of β-lactam (4-membered cyclic amide) rings is 1. The van der Waals surface area contributed by atoms with E-state index in [1.54, 1.807) is 6.08 Å². The second-order valence-corrected chi connectivity index (χ2v) is 9.61. The van der Waals surface area contributed by atoms with Crippen molar-refractivity contribution in [3.63, 3.8) is 0 Å². The smallest absolute Gasteiger partial charge is 0.352 e. The summed E-state index contributed by atoms with van der Waals surface area (Å²) in [6.07, 6.45) is 1.80. The molecule has 9 heteroatoms. The predicted octanol–water partition coefficient (Wildman–Crippen LogP) is 2.60. The normalized spacial score (nSPS) is 21.6. The number of rotatable bonds is 5. The number of carbonyl (C=O) groups excluding carboxylic acids is 2. The van der Waals surface area contributed by atoms with Gasteiger partial charge in [-0.1, -0.05) is 30.3 Å². The van der Waals surface area contributed by atoms with Gasteiger partial charge in [0.25, 0.3) is 5.91 Å². The lowest BCUT2D eigenvalue weighted by molar-refractivity contribution is -0.150. The number of carboxylic acid groups (broad SMARTS) is 1. The number of carboxylic acids is 1. The van der Waals surface area contributed by atoms with Crippen LogP contribution in [0.2, 0.25) is 0 Å². The largest absolute Gasteiger partial charge is 0.477 e. The van der Waals surface area contributed by atoms with Crippen LogP contribution in [0.4, 0.5) is 0 Å². The average molecular weight is 502 g/mol. The van der Waals surface area contributed by atoms with Crippen LogP contribution in [0.3, 0.4) is 0 Å². The van der Waals surface area contributed by atoms with Crippen LogP contribution in [0.15, 0.2) is 51.1 Å². The van der Waals surface area contributed by atoms with E-state index >= 15 is 0 Å². The van der Waals surface area contributed by atoms with Crippen molar-refractivity contribution in [1.29, 1.82) is 0 Å². The van der Waals surface area contributed by atoms with E-state index in [9.17, 15) is 19.5 Å². The molecule has 1 fully saturated rings. The van der Waals surface area contributed by atoms with Gasteiger partial charge in [-0.2, -0.15) is 0 Å². The Balaban J connectivity index is 1.73. The van der Waals surface area contributed by atoms with E-state index in [1.165, 1.54) is 16.7 Å². The summed E-state index contributed by atoms with van der Waals surface area (Å²) in [7, 11) is 0. The lowest BCUT2D eigenvalue weighted by Gasteiger charge is -2.49. The SMILES string of the molecule is O=C(Cc1ccccc1)NC1C(=O)N2C(C(=O)O)=C(C=C(Br)Br)CS[C@@H]12. The van der Waals surface area contributed by atoms with Crippen molar-refractivity contribution in [1.82, 2.24) is 10.2 Å². The molecule has 3 rings (SSSR count). The van der Waals surface area contributed by atoms with E-state index in [1.807, 2.05) is 30.3 Å². The van der Waals surface area contributed by atoms with E-state index in [2.05, 4.69) is 37.2 Å². The Morgan fingerprint density at radius 3 is 2.62 bits per heavy atom. The number of nitrogens with zero attached hydrogens (tertiary/aromatic N) is 1. The Kier molecular flexibility index (Phi) is 5.89. The molecule has 2 aliphatic heterocycles. The first-order valence-corrected chi connectivity index (χ1v) is 10.3. The second-order valence-electron chi connectivity index (χ2n) is 5.73. The Bertz CT molecular complexity index is 821. The highest BCUT2D eigenvalue weighted by atomic mass is 79.9. The summed E-state index contributed by atoms with van der Waals surface area (Å²) < 4.78 is 0.596. The van der Waals surface area contributed by atoms with Crippen LogP contribution >= 0.6 is 43.6 Å². The van der Waals surface area contributed by atoms with Gasteiger partial charge in [0.15, 0.2) is 0 Å². The van der Waals surface area contributed by atoms with Gasteiger partial charge in [0, 0.05) is 5.75 Å². The van der Waals surface area contributed by atoms with E-state index in [4.69, 9.17) is 0 Å². The molecule has 0 bridgehead atoms. The molecule has 0 radical (unpaired) electrons. The predicted molar refractivity (Wildman–Crippen MR) is 106 cm³/mol. The van der Waals surface area contributed by atoms with Crippen LogP contribution < -0.4 is 5.32 Å². The molecule has 26 heavy (non-hydrogen) atoms. The molecule has 2 N–H and O–H groups in total. The standard InChI is InChI=1S/C17H14Br2N2O4S/c18-11(19)7-10-8-26-16-13(15(23)21(16)14(10)17(24)25)20-12(22)6-9-4-2-1-3-5-9/h1-5,7,13,16H,6,8H2,(H,20,22)(H,24,25)/t13?,16-/m0/s1. The van der Waals surface area contributed by atoms with E-state index < -0.39 is 23.3 Å². The van der Waals surface area contributed by atoms with Crippen LogP contribution in [-0.4, -0.2) is 45.0 Å². The molecule has 2 atom stereocenters. The van der Waals surface area contributed by atoms with Crippen LogP contribution in [0, 0.1) is 0 Å². The molecule has 136 valence electrons. The first-order valence-electron chi connectivity index (χ1n) is 7.65. The van der Waals surface area contributed by atoms with Crippen LogP contribution in [0.1, 0.15) is 5.56 Å². The fraction of sp³-hybridized carbons (Fsp3) is 0.235. The number of hydrogen-bond donors (Lipinski definition) is 2. The molecule has 1 aromatic carbocycles. The van der Waals surface area contributed by atoms with Gasteiger partial charge in [-0.3, -0.25) is 14.5 Å². The van der Waals surface area contributed by atoms with Crippen LogP contribution in [0.5, 0.6) is 0 Å². The first-order chi connectivity index (χ1) is 12.4. The van der Waals surface area contributed by atoms with Gasteiger partial charge in [-0.05, 0) is 49.1 Å². The molecular formula is C17H14Br2N2O4S. The third-order valence-corrected chi connectivity index (χ3v) is 5.77. The third kappa shape index (κ3) is 3.89. The number of allylic oxidation sites excluding steroid dienone is 1. The summed E-state index contributed by atoms with van der Waals surface area (Å²) in [5.41, 5.74) is 1.35. The lowest BCUT2D eigenvalue weighted by atomic mass is 10.0. The van der Waals surface area contributed by atoms with Crippen molar-refractivity contribution < 1.29 is 19.5 Å². The molecule has 1 saturated heterocycles. The monoisotopic (exact) mass is 500 g/mol. The minimum atomic E-state index is -1.16. The molecule has 0 aromatic heterocycles.